The van der Waals surface area contributed by atoms with Crippen molar-refractivity contribution in [3.8, 4) is 0 Å². The Hall–Kier alpha value is -0.550. The second kappa shape index (κ2) is 5.51. The number of hydrogen-bond acceptors (Lipinski definition) is 4. The summed E-state index contributed by atoms with van der Waals surface area (Å²) in [5.74, 6) is 0.409. The van der Waals surface area contributed by atoms with Crippen LogP contribution in [0.2, 0.25) is 5.02 Å². The van der Waals surface area contributed by atoms with E-state index in [9.17, 15) is 10.2 Å². The van der Waals surface area contributed by atoms with E-state index in [-0.39, 0.29) is 18.1 Å². The van der Waals surface area contributed by atoms with E-state index in [1.807, 2.05) is 0 Å². The Labute approximate surface area is 97.6 Å². The highest BCUT2D eigenvalue weighted by atomic mass is 35.5. The molecule has 15 heavy (non-hydrogen) atoms. The van der Waals surface area contributed by atoms with E-state index in [1.54, 1.807) is 0 Å². The van der Waals surface area contributed by atoms with Gasteiger partial charge in [-0.2, -0.15) is 0 Å². The number of nitrogens with zero attached hydrogens (tertiary/aromatic N) is 1. The summed E-state index contributed by atoms with van der Waals surface area (Å²) in [6.07, 6.45) is -0.435. The minimum absolute atomic E-state index is 0.153. The van der Waals surface area contributed by atoms with Crippen LogP contribution in [0, 0.1) is 0 Å². The number of aliphatic hydroxyl groups excluding tert-OH is 2. The number of anilines is 1. The molecule has 0 bridgehead atoms. The number of alkyl halides is 1. The molecule has 1 aromatic rings. The van der Waals surface area contributed by atoms with Crippen LogP contribution in [0.15, 0.2) is 12.3 Å². The number of hydrogen-bond donors (Lipinski definition) is 3. The normalized spacial score (nSPS) is 14.9. The minimum atomic E-state index is -1.12. The Morgan fingerprint density at radius 2 is 2.13 bits per heavy atom. The van der Waals surface area contributed by atoms with Gasteiger partial charge in [0, 0.05) is 17.6 Å². The summed E-state index contributed by atoms with van der Waals surface area (Å²) in [5, 5.41) is 19.6. The highest BCUT2D eigenvalue weighted by molar-refractivity contribution is 6.30. The fourth-order valence-electron chi connectivity index (χ4n) is 1.18. The Morgan fingerprint density at radius 3 is 2.73 bits per heavy atom. The molecule has 0 aromatic carbocycles. The first-order chi connectivity index (χ1) is 7.06. The standard InChI is InChI=1S/C9H12Cl2N2O2/c10-2-1-7(14)8(15)6-3-5(11)4-13-9(6)12/h3-4,7-8,14-15H,1-2H2,(H2,12,13). The van der Waals surface area contributed by atoms with Crippen LogP contribution in [0.1, 0.15) is 18.1 Å². The zero-order chi connectivity index (χ0) is 11.4. The zero-order valence-electron chi connectivity index (χ0n) is 7.90. The largest absolute Gasteiger partial charge is 0.390 e. The zero-order valence-corrected chi connectivity index (χ0v) is 9.41. The van der Waals surface area contributed by atoms with Gasteiger partial charge in [0.05, 0.1) is 11.1 Å². The van der Waals surface area contributed by atoms with Crippen LogP contribution in [0.4, 0.5) is 5.82 Å². The number of rotatable bonds is 4. The smallest absolute Gasteiger partial charge is 0.129 e. The van der Waals surface area contributed by atoms with E-state index in [2.05, 4.69) is 4.98 Å². The van der Waals surface area contributed by atoms with Crippen LogP contribution in [0.3, 0.4) is 0 Å². The van der Waals surface area contributed by atoms with E-state index >= 15 is 0 Å². The first-order valence-electron chi connectivity index (χ1n) is 4.39. The van der Waals surface area contributed by atoms with Gasteiger partial charge in [-0.05, 0) is 12.5 Å². The van der Waals surface area contributed by atoms with Gasteiger partial charge in [0.15, 0.2) is 0 Å². The monoisotopic (exact) mass is 250 g/mol. The Kier molecular flexibility index (Phi) is 4.60. The van der Waals surface area contributed by atoms with Crippen LogP contribution < -0.4 is 5.73 Å². The SMILES string of the molecule is Nc1ncc(Cl)cc1C(O)C(O)CCCl. The van der Waals surface area contributed by atoms with Gasteiger partial charge < -0.3 is 15.9 Å². The minimum Gasteiger partial charge on any atom is -0.390 e. The molecule has 1 aromatic heterocycles. The van der Waals surface area contributed by atoms with Crippen LogP contribution in [0.25, 0.3) is 0 Å². The number of aliphatic hydroxyl groups is 2. The molecule has 0 aliphatic carbocycles. The van der Waals surface area contributed by atoms with Crippen molar-refractivity contribution in [1.82, 2.24) is 4.98 Å². The van der Waals surface area contributed by atoms with Crippen LogP contribution >= 0.6 is 23.2 Å². The van der Waals surface area contributed by atoms with Gasteiger partial charge in [0.2, 0.25) is 0 Å². The fraction of sp³-hybridized carbons (Fsp3) is 0.444. The second-order valence-corrected chi connectivity index (χ2v) is 3.93. The van der Waals surface area contributed by atoms with Crippen LogP contribution in [-0.2, 0) is 0 Å². The summed E-state index contributed by atoms with van der Waals surface area (Å²) in [6, 6.07) is 1.48. The summed E-state index contributed by atoms with van der Waals surface area (Å²) < 4.78 is 0. The van der Waals surface area contributed by atoms with Crippen molar-refractivity contribution in [1.29, 1.82) is 0 Å². The molecule has 4 nitrogen and oxygen atoms in total. The van der Waals surface area contributed by atoms with Crippen molar-refractivity contribution >= 4 is 29.0 Å². The molecule has 0 amide bonds. The topological polar surface area (TPSA) is 79.4 Å². The predicted octanol–water partition coefficient (Wildman–Crippen LogP) is 1.34. The molecule has 1 heterocycles. The Balaban J connectivity index is 2.89. The lowest BCUT2D eigenvalue weighted by atomic mass is 10.0. The number of nitrogens with two attached hydrogens (primary N) is 1. The number of halogens is 2. The van der Waals surface area contributed by atoms with E-state index in [4.69, 9.17) is 28.9 Å². The highest BCUT2D eigenvalue weighted by Crippen LogP contribution is 2.25. The molecule has 2 unspecified atom stereocenters. The summed E-state index contributed by atoms with van der Waals surface area (Å²) >= 11 is 11.2. The number of aromatic nitrogens is 1. The van der Waals surface area contributed by atoms with E-state index in [0.717, 1.165) is 0 Å². The number of pyridine rings is 1. The molecule has 2 atom stereocenters. The number of nitrogen functional groups attached to an aromatic ring is 1. The molecule has 0 radical (unpaired) electrons. The Bertz CT molecular complexity index is 336. The average Bonchev–Trinajstić information content (AvgIpc) is 2.21. The summed E-state index contributed by atoms with van der Waals surface area (Å²) in [5.41, 5.74) is 5.87. The van der Waals surface area contributed by atoms with Crippen molar-refractivity contribution < 1.29 is 10.2 Å². The van der Waals surface area contributed by atoms with E-state index in [0.29, 0.717) is 10.6 Å². The maximum atomic E-state index is 9.74. The molecular formula is C9H12Cl2N2O2. The lowest BCUT2D eigenvalue weighted by Crippen LogP contribution is -2.20. The maximum absolute atomic E-state index is 9.74. The molecule has 0 aliphatic heterocycles. The van der Waals surface area contributed by atoms with E-state index < -0.39 is 12.2 Å². The van der Waals surface area contributed by atoms with Crippen molar-refractivity contribution in [2.75, 3.05) is 11.6 Å². The molecule has 0 saturated heterocycles. The molecule has 0 saturated carbocycles. The first-order valence-corrected chi connectivity index (χ1v) is 5.30. The van der Waals surface area contributed by atoms with Crippen LogP contribution in [0.5, 0.6) is 0 Å². The van der Waals surface area contributed by atoms with Gasteiger partial charge in [-0.15, -0.1) is 11.6 Å². The van der Waals surface area contributed by atoms with Gasteiger partial charge in [-0.3, -0.25) is 0 Å². The van der Waals surface area contributed by atoms with E-state index in [1.165, 1.54) is 12.3 Å². The third-order valence-corrected chi connectivity index (χ3v) is 2.43. The molecule has 4 N–H and O–H groups in total. The van der Waals surface area contributed by atoms with Crippen molar-refractivity contribution in [3.63, 3.8) is 0 Å². The Morgan fingerprint density at radius 1 is 1.47 bits per heavy atom. The predicted molar refractivity (Wildman–Crippen MR) is 60.0 cm³/mol. The molecule has 6 heteroatoms. The van der Waals surface area contributed by atoms with Crippen molar-refractivity contribution in [2.24, 2.45) is 0 Å². The lowest BCUT2D eigenvalue weighted by molar-refractivity contribution is 0.0173. The lowest BCUT2D eigenvalue weighted by Gasteiger charge is -2.18. The first kappa shape index (κ1) is 12.5. The van der Waals surface area contributed by atoms with Crippen LogP contribution in [-0.4, -0.2) is 27.2 Å². The van der Waals surface area contributed by atoms with Gasteiger partial charge in [0.25, 0.3) is 0 Å². The molecular weight excluding hydrogens is 239 g/mol. The molecule has 0 aliphatic rings. The fourth-order valence-corrected chi connectivity index (χ4v) is 1.57. The average molecular weight is 251 g/mol. The van der Waals surface area contributed by atoms with Crippen molar-refractivity contribution in [2.45, 2.75) is 18.6 Å². The third-order valence-electron chi connectivity index (χ3n) is 2.00. The van der Waals surface area contributed by atoms with Gasteiger partial charge in [0.1, 0.15) is 11.9 Å². The maximum Gasteiger partial charge on any atom is 0.129 e. The quantitative estimate of drug-likeness (QED) is 0.705. The van der Waals surface area contributed by atoms with Gasteiger partial charge >= 0.3 is 0 Å². The van der Waals surface area contributed by atoms with Gasteiger partial charge in [-0.1, -0.05) is 11.6 Å². The summed E-state index contributed by atoms with van der Waals surface area (Å²) in [6.45, 7) is 0. The summed E-state index contributed by atoms with van der Waals surface area (Å²) in [7, 11) is 0. The summed E-state index contributed by atoms with van der Waals surface area (Å²) in [4.78, 5) is 3.78. The second-order valence-electron chi connectivity index (χ2n) is 3.12. The molecule has 0 spiro atoms. The third kappa shape index (κ3) is 3.21. The molecule has 84 valence electrons. The van der Waals surface area contributed by atoms with Gasteiger partial charge in [-0.25, -0.2) is 4.98 Å². The van der Waals surface area contributed by atoms with Crippen molar-refractivity contribution in [3.05, 3.63) is 22.8 Å². The molecule has 1 rings (SSSR count). The highest BCUT2D eigenvalue weighted by Gasteiger charge is 2.20. The molecule has 0 fully saturated rings.